The number of piperidine rings is 1. The van der Waals surface area contributed by atoms with E-state index in [0.29, 0.717) is 31.5 Å². The van der Waals surface area contributed by atoms with Gasteiger partial charge in [-0.15, -0.1) is 0 Å². The normalized spacial score (nSPS) is 16.4. The van der Waals surface area contributed by atoms with Crippen LogP contribution in [-0.4, -0.2) is 44.7 Å². The molecular formula is C15H17N3O2. The second-order valence-corrected chi connectivity index (χ2v) is 5.04. The van der Waals surface area contributed by atoms with Gasteiger partial charge in [0, 0.05) is 36.7 Å². The summed E-state index contributed by atoms with van der Waals surface area (Å²) in [6.07, 6.45) is 6.32. The van der Waals surface area contributed by atoms with Crippen LogP contribution in [0.1, 0.15) is 23.2 Å². The van der Waals surface area contributed by atoms with Gasteiger partial charge in [-0.05, 0) is 31.0 Å². The quantitative estimate of drug-likeness (QED) is 0.900. The Hall–Kier alpha value is -2.14. The minimum atomic E-state index is -0.267. The number of carbonyl (C=O) groups is 1. The Morgan fingerprint density at radius 3 is 2.80 bits per heavy atom. The van der Waals surface area contributed by atoms with Crippen LogP contribution in [0.15, 0.2) is 43.0 Å². The van der Waals surface area contributed by atoms with Gasteiger partial charge in [0.25, 0.3) is 5.91 Å². The van der Waals surface area contributed by atoms with Crippen molar-refractivity contribution in [3.05, 3.63) is 48.5 Å². The molecule has 1 saturated heterocycles. The van der Waals surface area contributed by atoms with Gasteiger partial charge in [0.2, 0.25) is 0 Å². The molecule has 5 heteroatoms. The van der Waals surface area contributed by atoms with Gasteiger partial charge in [-0.25, -0.2) is 4.98 Å². The summed E-state index contributed by atoms with van der Waals surface area (Å²) in [6.45, 7) is 1.24. The molecule has 2 heterocycles. The zero-order valence-corrected chi connectivity index (χ0v) is 11.1. The topological polar surface area (TPSA) is 58.4 Å². The molecule has 0 aliphatic carbocycles. The smallest absolute Gasteiger partial charge is 0.253 e. The lowest BCUT2D eigenvalue weighted by Crippen LogP contribution is -2.40. The van der Waals surface area contributed by atoms with Crippen LogP contribution in [0.2, 0.25) is 0 Å². The van der Waals surface area contributed by atoms with E-state index >= 15 is 0 Å². The van der Waals surface area contributed by atoms with Crippen LogP contribution in [-0.2, 0) is 0 Å². The monoisotopic (exact) mass is 271 g/mol. The van der Waals surface area contributed by atoms with Gasteiger partial charge in [-0.1, -0.05) is 6.07 Å². The fourth-order valence-electron chi connectivity index (χ4n) is 2.46. The van der Waals surface area contributed by atoms with Crippen molar-refractivity contribution in [2.24, 2.45) is 0 Å². The summed E-state index contributed by atoms with van der Waals surface area (Å²) in [7, 11) is 0. The molecule has 1 fully saturated rings. The molecule has 1 amide bonds. The molecular weight excluding hydrogens is 254 g/mol. The summed E-state index contributed by atoms with van der Waals surface area (Å²) in [4.78, 5) is 18.3. The van der Waals surface area contributed by atoms with E-state index in [1.165, 1.54) is 0 Å². The molecule has 2 aromatic rings. The summed E-state index contributed by atoms with van der Waals surface area (Å²) in [5.74, 6) is 0.0267. The SMILES string of the molecule is O=C(c1cccc(-n2ccnc2)c1)N1CCC(O)CC1. The number of carbonyl (C=O) groups excluding carboxylic acids is 1. The summed E-state index contributed by atoms with van der Waals surface area (Å²) in [6, 6.07) is 7.52. The zero-order valence-electron chi connectivity index (χ0n) is 11.1. The molecule has 1 N–H and O–H groups in total. The Bertz CT molecular complexity index is 587. The first-order valence-corrected chi connectivity index (χ1v) is 6.80. The third-order valence-corrected chi connectivity index (χ3v) is 3.65. The van der Waals surface area contributed by atoms with Crippen LogP contribution in [0.3, 0.4) is 0 Å². The van der Waals surface area contributed by atoms with E-state index in [2.05, 4.69) is 4.98 Å². The number of rotatable bonds is 2. The highest BCUT2D eigenvalue weighted by Crippen LogP contribution is 2.16. The number of imidazole rings is 1. The number of hydrogen-bond donors (Lipinski definition) is 1. The Balaban J connectivity index is 1.80. The van der Waals surface area contributed by atoms with Crippen molar-refractivity contribution in [3.63, 3.8) is 0 Å². The molecule has 3 rings (SSSR count). The average Bonchev–Trinajstić information content (AvgIpc) is 3.02. The molecule has 0 bridgehead atoms. The maximum atomic E-state index is 12.4. The van der Waals surface area contributed by atoms with E-state index in [1.54, 1.807) is 17.4 Å². The van der Waals surface area contributed by atoms with Crippen molar-refractivity contribution in [2.45, 2.75) is 18.9 Å². The third kappa shape index (κ3) is 2.58. The predicted molar refractivity (Wildman–Crippen MR) is 74.7 cm³/mol. The summed E-state index contributed by atoms with van der Waals surface area (Å²) >= 11 is 0. The number of likely N-dealkylation sites (tertiary alicyclic amines) is 1. The lowest BCUT2D eigenvalue weighted by molar-refractivity contribution is 0.0546. The van der Waals surface area contributed by atoms with E-state index in [1.807, 2.05) is 35.0 Å². The van der Waals surface area contributed by atoms with Gasteiger partial charge < -0.3 is 14.6 Å². The largest absolute Gasteiger partial charge is 0.393 e. The first kappa shape index (κ1) is 12.9. The summed E-state index contributed by atoms with van der Waals surface area (Å²) in [5, 5.41) is 9.50. The molecule has 0 saturated carbocycles. The van der Waals surface area contributed by atoms with Gasteiger partial charge in [-0.2, -0.15) is 0 Å². The summed E-state index contributed by atoms with van der Waals surface area (Å²) in [5.41, 5.74) is 1.60. The number of amides is 1. The maximum absolute atomic E-state index is 12.4. The molecule has 5 nitrogen and oxygen atoms in total. The number of hydrogen-bond acceptors (Lipinski definition) is 3. The maximum Gasteiger partial charge on any atom is 0.253 e. The zero-order chi connectivity index (χ0) is 13.9. The number of aliphatic hydroxyl groups is 1. The first-order valence-electron chi connectivity index (χ1n) is 6.80. The molecule has 0 unspecified atom stereocenters. The summed E-state index contributed by atoms with van der Waals surface area (Å²) < 4.78 is 1.87. The number of nitrogens with zero attached hydrogens (tertiary/aromatic N) is 3. The van der Waals surface area contributed by atoms with E-state index in [0.717, 1.165) is 5.69 Å². The molecule has 0 atom stereocenters. The van der Waals surface area contributed by atoms with Gasteiger partial charge in [-0.3, -0.25) is 4.79 Å². The fraction of sp³-hybridized carbons (Fsp3) is 0.333. The van der Waals surface area contributed by atoms with Crippen molar-refractivity contribution in [3.8, 4) is 5.69 Å². The molecule has 0 spiro atoms. The number of benzene rings is 1. The van der Waals surface area contributed by atoms with E-state index < -0.39 is 0 Å². The van der Waals surface area contributed by atoms with Crippen molar-refractivity contribution >= 4 is 5.91 Å². The third-order valence-electron chi connectivity index (χ3n) is 3.65. The number of aromatic nitrogens is 2. The minimum Gasteiger partial charge on any atom is -0.393 e. The first-order chi connectivity index (χ1) is 9.74. The highest BCUT2D eigenvalue weighted by molar-refractivity contribution is 5.94. The van der Waals surface area contributed by atoms with Gasteiger partial charge in [0.05, 0.1) is 12.4 Å². The average molecular weight is 271 g/mol. The van der Waals surface area contributed by atoms with Crippen molar-refractivity contribution in [1.82, 2.24) is 14.5 Å². The second-order valence-electron chi connectivity index (χ2n) is 5.04. The Labute approximate surface area is 117 Å². The highest BCUT2D eigenvalue weighted by Gasteiger charge is 2.22. The predicted octanol–water partition coefficient (Wildman–Crippen LogP) is 1.47. The molecule has 0 radical (unpaired) electrons. The van der Waals surface area contributed by atoms with Crippen LogP contribution < -0.4 is 0 Å². The van der Waals surface area contributed by atoms with Crippen LogP contribution in [0.25, 0.3) is 5.69 Å². The van der Waals surface area contributed by atoms with E-state index in [-0.39, 0.29) is 12.0 Å². The highest BCUT2D eigenvalue weighted by atomic mass is 16.3. The van der Waals surface area contributed by atoms with Gasteiger partial charge in [0.1, 0.15) is 0 Å². The molecule has 1 aromatic carbocycles. The molecule has 20 heavy (non-hydrogen) atoms. The lowest BCUT2D eigenvalue weighted by atomic mass is 10.1. The Morgan fingerprint density at radius 2 is 2.10 bits per heavy atom. The second kappa shape index (κ2) is 5.46. The van der Waals surface area contributed by atoms with Gasteiger partial charge in [0.15, 0.2) is 0 Å². The van der Waals surface area contributed by atoms with Crippen LogP contribution in [0.5, 0.6) is 0 Å². The van der Waals surface area contributed by atoms with Crippen LogP contribution in [0, 0.1) is 0 Å². The molecule has 1 aliphatic heterocycles. The Morgan fingerprint density at radius 1 is 1.30 bits per heavy atom. The van der Waals surface area contributed by atoms with Crippen molar-refractivity contribution < 1.29 is 9.90 Å². The van der Waals surface area contributed by atoms with Crippen LogP contribution in [0.4, 0.5) is 0 Å². The number of aliphatic hydroxyl groups excluding tert-OH is 1. The minimum absolute atomic E-state index is 0.0267. The van der Waals surface area contributed by atoms with Gasteiger partial charge >= 0.3 is 0 Å². The van der Waals surface area contributed by atoms with E-state index in [9.17, 15) is 9.90 Å². The molecule has 1 aliphatic rings. The fourth-order valence-corrected chi connectivity index (χ4v) is 2.46. The molecule has 1 aromatic heterocycles. The standard InChI is InChI=1S/C15H17N3O2/c19-14-4-7-17(8-5-14)15(20)12-2-1-3-13(10-12)18-9-6-16-11-18/h1-3,6,9-11,14,19H,4-5,7-8H2. The van der Waals surface area contributed by atoms with E-state index in [4.69, 9.17) is 0 Å². The van der Waals surface area contributed by atoms with Crippen molar-refractivity contribution in [1.29, 1.82) is 0 Å². The lowest BCUT2D eigenvalue weighted by Gasteiger charge is -2.29. The molecule has 104 valence electrons. The Kier molecular flexibility index (Phi) is 3.52. The van der Waals surface area contributed by atoms with Crippen molar-refractivity contribution in [2.75, 3.05) is 13.1 Å². The van der Waals surface area contributed by atoms with Crippen LogP contribution >= 0.6 is 0 Å².